The summed E-state index contributed by atoms with van der Waals surface area (Å²) in [6.45, 7) is 0. The quantitative estimate of drug-likeness (QED) is 0.454. The number of imidazole rings is 1. The van der Waals surface area contributed by atoms with Crippen LogP contribution < -0.4 is 10.1 Å². The number of fused-ring (bicyclic) bond motifs is 2. The number of H-pyrrole nitrogens is 1. The molecule has 3 heterocycles. The average Bonchev–Trinajstić information content (AvgIpc) is 3.37. The first-order valence-corrected chi connectivity index (χ1v) is 9.98. The molecule has 2 aromatic carbocycles. The fourth-order valence-electron chi connectivity index (χ4n) is 3.70. The first-order chi connectivity index (χ1) is 15.1. The van der Waals surface area contributed by atoms with E-state index in [-0.39, 0.29) is 5.91 Å². The summed E-state index contributed by atoms with van der Waals surface area (Å²) < 4.78 is 8.06. The van der Waals surface area contributed by atoms with E-state index in [1.54, 1.807) is 25.4 Å². The Hall–Kier alpha value is -4.13. The molecule has 0 aliphatic heterocycles. The lowest BCUT2D eigenvalue weighted by molar-refractivity contribution is 0.0958. The van der Waals surface area contributed by atoms with E-state index in [4.69, 9.17) is 9.72 Å². The van der Waals surface area contributed by atoms with E-state index in [2.05, 4.69) is 44.1 Å². The van der Waals surface area contributed by atoms with E-state index >= 15 is 0 Å². The molecular weight excluding hydrogens is 390 g/mol. The fourth-order valence-corrected chi connectivity index (χ4v) is 3.70. The molecular formula is C24H21N5O2. The third-order valence-electron chi connectivity index (χ3n) is 5.35. The largest absolute Gasteiger partial charge is 0.457 e. The van der Waals surface area contributed by atoms with Crippen molar-refractivity contribution >= 4 is 27.8 Å². The summed E-state index contributed by atoms with van der Waals surface area (Å²) in [7, 11) is 3.59. The van der Waals surface area contributed by atoms with Gasteiger partial charge >= 0.3 is 0 Å². The van der Waals surface area contributed by atoms with E-state index in [0.29, 0.717) is 17.2 Å². The second-order valence-electron chi connectivity index (χ2n) is 7.37. The van der Waals surface area contributed by atoms with Gasteiger partial charge < -0.3 is 19.6 Å². The van der Waals surface area contributed by atoms with Crippen LogP contribution in [0.2, 0.25) is 0 Å². The van der Waals surface area contributed by atoms with Gasteiger partial charge in [0.15, 0.2) is 0 Å². The highest BCUT2D eigenvalue weighted by atomic mass is 16.5. The highest BCUT2D eigenvalue weighted by Crippen LogP contribution is 2.27. The number of nitrogens with zero attached hydrogens (tertiary/aromatic N) is 3. The molecule has 3 aromatic heterocycles. The van der Waals surface area contributed by atoms with Crippen molar-refractivity contribution in [3.05, 3.63) is 84.1 Å². The molecule has 5 aromatic rings. The molecule has 1 amide bonds. The van der Waals surface area contributed by atoms with Crippen molar-refractivity contribution in [2.45, 2.75) is 6.42 Å². The first kappa shape index (κ1) is 18.9. The molecule has 154 valence electrons. The Labute approximate surface area is 178 Å². The Balaban J connectivity index is 1.42. The molecule has 0 bridgehead atoms. The van der Waals surface area contributed by atoms with E-state index in [1.165, 1.54) is 10.9 Å². The minimum absolute atomic E-state index is 0.257. The van der Waals surface area contributed by atoms with Crippen molar-refractivity contribution in [1.29, 1.82) is 0 Å². The summed E-state index contributed by atoms with van der Waals surface area (Å²) >= 11 is 0. The Morgan fingerprint density at radius 2 is 1.97 bits per heavy atom. The summed E-state index contributed by atoms with van der Waals surface area (Å²) in [6, 6.07) is 17.6. The topological polar surface area (TPSA) is 84.8 Å². The van der Waals surface area contributed by atoms with Gasteiger partial charge in [0.2, 0.25) is 0 Å². The molecule has 0 fully saturated rings. The van der Waals surface area contributed by atoms with Gasteiger partial charge in [0, 0.05) is 50.6 Å². The lowest BCUT2D eigenvalue weighted by atomic mass is 10.1. The van der Waals surface area contributed by atoms with Crippen LogP contribution >= 0.6 is 0 Å². The molecule has 7 nitrogen and oxygen atoms in total. The minimum Gasteiger partial charge on any atom is -0.457 e. The lowest BCUT2D eigenvalue weighted by Crippen LogP contribution is -2.18. The predicted molar refractivity (Wildman–Crippen MR) is 120 cm³/mol. The second-order valence-corrected chi connectivity index (χ2v) is 7.37. The van der Waals surface area contributed by atoms with Crippen molar-refractivity contribution < 1.29 is 9.53 Å². The van der Waals surface area contributed by atoms with Crippen molar-refractivity contribution in [3.8, 4) is 11.5 Å². The SMILES string of the molecule is CNC(=O)c1cc(Oc2ccc3c(c2)nc(Cc2ccc4cc[nH]c4c2)n3C)ccn1. The number of amides is 1. The summed E-state index contributed by atoms with van der Waals surface area (Å²) in [5, 5.41) is 3.76. The lowest BCUT2D eigenvalue weighted by Gasteiger charge is -2.07. The van der Waals surface area contributed by atoms with Gasteiger partial charge in [-0.2, -0.15) is 0 Å². The monoisotopic (exact) mass is 411 g/mol. The normalized spacial score (nSPS) is 11.2. The maximum Gasteiger partial charge on any atom is 0.269 e. The maximum atomic E-state index is 11.8. The van der Waals surface area contributed by atoms with Gasteiger partial charge in [-0.3, -0.25) is 9.78 Å². The molecule has 7 heteroatoms. The Kier molecular flexibility index (Phi) is 4.63. The van der Waals surface area contributed by atoms with Crippen molar-refractivity contribution in [1.82, 2.24) is 24.8 Å². The van der Waals surface area contributed by atoms with Gasteiger partial charge in [-0.25, -0.2) is 4.98 Å². The summed E-state index contributed by atoms with van der Waals surface area (Å²) in [5.74, 6) is 1.92. The number of hydrogen-bond donors (Lipinski definition) is 2. The Morgan fingerprint density at radius 1 is 1.10 bits per heavy atom. The smallest absolute Gasteiger partial charge is 0.269 e. The van der Waals surface area contributed by atoms with E-state index in [9.17, 15) is 4.79 Å². The van der Waals surface area contributed by atoms with Crippen LogP contribution in [0.1, 0.15) is 21.9 Å². The van der Waals surface area contributed by atoms with Crippen LogP contribution in [0.25, 0.3) is 21.9 Å². The first-order valence-electron chi connectivity index (χ1n) is 9.98. The number of carbonyl (C=O) groups is 1. The van der Waals surface area contributed by atoms with Crippen LogP contribution in [-0.2, 0) is 13.5 Å². The third-order valence-corrected chi connectivity index (χ3v) is 5.35. The average molecular weight is 411 g/mol. The number of benzene rings is 2. The predicted octanol–water partition coefficient (Wildman–Crippen LogP) is 4.19. The number of nitrogens with one attached hydrogen (secondary N) is 2. The maximum absolute atomic E-state index is 11.8. The van der Waals surface area contributed by atoms with Gasteiger partial charge in [0.25, 0.3) is 5.91 Å². The number of aromatic nitrogens is 4. The molecule has 0 aliphatic carbocycles. The standard InChI is InChI=1S/C24H21N5O2/c1-25-24(30)21-14-18(8-10-27-21)31-17-5-6-22-20(13-17)28-23(29(22)2)12-15-3-4-16-7-9-26-19(16)11-15/h3-11,13-14,26H,12H2,1-2H3,(H,25,30). The summed E-state index contributed by atoms with van der Waals surface area (Å²) in [6.07, 6.45) is 4.24. The summed E-state index contributed by atoms with van der Waals surface area (Å²) in [5.41, 5.74) is 4.52. The van der Waals surface area contributed by atoms with Crippen molar-refractivity contribution in [2.75, 3.05) is 7.05 Å². The Morgan fingerprint density at radius 3 is 2.84 bits per heavy atom. The molecule has 0 atom stereocenters. The number of ether oxygens (including phenoxy) is 1. The highest BCUT2D eigenvalue weighted by molar-refractivity contribution is 5.92. The Bertz CT molecular complexity index is 1420. The second kappa shape index (κ2) is 7.60. The zero-order valence-corrected chi connectivity index (χ0v) is 17.2. The molecule has 0 spiro atoms. The molecule has 31 heavy (non-hydrogen) atoms. The number of aromatic amines is 1. The molecule has 0 unspecified atom stereocenters. The number of aryl methyl sites for hydroxylation is 1. The van der Waals surface area contributed by atoms with E-state index < -0.39 is 0 Å². The van der Waals surface area contributed by atoms with Crippen LogP contribution in [0.4, 0.5) is 0 Å². The van der Waals surface area contributed by atoms with Gasteiger partial charge in [-0.05, 0) is 41.3 Å². The molecule has 2 N–H and O–H groups in total. The van der Waals surface area contributed by atoms with Crippen molar-refractivity contribution in [2.24, 2.45) is 7.05 Å². The van der Waals surface area contributed by atoms with Crippen LogP contribution in [0.5, 0.6) is 11.5 Å². The van der Waals surface area contributed by atoms with Gasteiger partial charge in [-0.15, -0.1) is 0 Å². The van der Waals surface area contributed by atoms with E-state index in [0.717, 1.165) is 28.8 Å². The number of carbonyl (C=O) groups excluding carboxylic acids is 1. The van der Waals surface area contributed by atoms with Crippen LogP contribution in [0.3, 0.4) is 0 Å². The third kappa shape index (κ3) is 3.61. The van der Waals surface area contributed by atoms with Gasteiger partial charge in [-0.1, -0.05) is 12.1 Å². The van der Waals surface area contributed by atoms with Gasteiger partial charge in [0.05, 0.1) is 11.0 Å². The minimum atomic E-state index is -0.257. The van der Waals surface area contributed by atoms with Crippen LogP contribution in [-0.4, -0.2) is 32.5 Å². The zero-order valence-electron chi connectivity index (χ0n) is 17.2. The highest BCUT2D eigenvalue weighted by Gasteiger charge is 2.12. The molecule has 5 rings (SSSR count). The number of rotatable bonds is 5. The van der Waals surface area contributed by atoms with E-state index in [1.807, 2.05) is 31.4 Å². The molecule has 0 aliphatic rings. The summed E-state index contributed by atoms with van der Waals surface area (Å²) in [4.78, 5) is 24.0. The fraction of sp³-hybridized carbons (Fsp3) is 0.125. The molecule has 0 saturated carbocycles. The number of pyridine rings is 1. The van der Waals surface area contributed by atoms with Crippen molar-refractivity contribution in [3.63, 3.8) is 0 Å². The zero-order chi connectivity index (χ0) is 21.4. The number of hydrogen-bond acceptors (Lipinski definition) is 4. The molecule has 0 radical (unpaired) electrons. The van der Waals surface area contributed by atoms with Crippen LogP contribution in [0.15, 0.2) is 67.0 Å². The molecule has 0 saturated heterocycles. The van der Waals surface area contributed by atoms with Crippen LogP contribution in [0, 0.1) is 0 Å². The van der Waals surface area contributed by atoms with Gasteiger partial charge in [0.1, 0.15) is 23.0 Å².